The minimum atomic E-state index is -4.62. The number of amides is 1. The molecule has 4 aromatic rings. The number of nitrogens with zero attached hydrogens (tertiary/aromatic N) is 5. The molecule has 0 saturated carbocycles. The molecule has 13 heteroatoms. The van der Waals surface area contributed by atoms with E-state index in [2.05, 4.69) is 25.7 Å². The average Bonchev–Trinajstić information content (AvgIpc) is 3.19. The van der Waals surface area contributed by atoms with E-state index >= 15 is 0 Å². The van der Waals surface area contributed by atoms with Gasteiger partial charge in [-0.3, -0.25) is 4.79 Å². The van der Waals surface area contributed by atoms with Crippen molar-refractivity contribution in [1.29, 1.82) is 0 Å². The van der Waals surface area contributed by atoms with Crippen molar-refractivity contribution in [1.82, 2.24) is 19.7 Å². The van der Waals surface area contributed by atoms with Crippen molar-refractivity contribution in [3.63, 3.8) is 0 Å². The summed E-state index contributed by atoms with van der Waals surface area (Å²) < 4.78 is 42.6. The number of nitrogen functional groups attached to an aromatic ring is 1. The van der Waals surface area contributed by atoms with Crippen LogP contribution >= 0.6 is 0 Å². The molecule has 3 heterocycles. The number of fused-ring (bicyclic) bond motifs is 1. The van der Waals surface area contributed by atoms with E-state index in [0.717, 1.165) is 17.7 Å². The molecule has 1 saturated heterocycles. The van der Waals surface area contributed by atoms with Gasteiger partial charge < -0.3 is 26.4 Å². The number of nitrogens with two attached hydrogens (primary N) is 1. The van der Waals surface area contributed by atoms with Crippen molar-refractivity contribution < 1.29 is 23.1 Å². The number of halogens is 3. The SMILES string of the molecule is Cc1ccc(NC(=O)c2cc(N3CCC(O)CC3)cc(C(F)(F)F)c2)cc1Nc1nn(C)c2nc(N)ncc12. The second-order valence-electron chi connectivity index (χ2n) is 9.53. The maximum Gasteiger partial charge on any atom is 0.416 e. The molecule has 0 aliphatic carbocycles. The van der Waals surface area contributed by atoms with Crippen LogP contribution in [0.2, 0.25) is 0 Å². The normalized spacial score (nSPS) is 14.6. The molecule has 0 bridgehead atoms. The van der Waals surface area contributed by atoms with Crippen molar-refractivity contribution in [2.45, 2.75) is 32.0 Å². The molecular formula is C26H27F3N8O2. The highest BCUT2D eigenvalue weighted by Crippen LogP contribution is 2.34. The molecule has 0 radical (unpaired) electrons. The molecule has 204 valence electrons. The molecule has 2 aromatic carbocycles. The summed E-state index contributed by atoms with van der Waals surface area (Å²) in [5.74, 6) is -0.0804. The van der Waals surface area contributed by atoms with E-state index in [1.165, 1.54) is 6.07 Å². The smallest absolute Gasteiger partial charge is 0.393 e. The fraction of sp³-hybridized carbons (Fsp3) is 0.308. The Labute approximate surface area is 221 Å². The second-order valence-corrected chi connectivity index (χ2v) is 9.53. The minimum absolute atomic E-state index is 0.119. The summed E-state index contributed by atoms with van der Waals surface area (Å²) in [5.41, 5.74) is 7.34. The summed E-state index contributed by atoms with van der Waals surface area (Å²) in [4.78, 5) is 23.1. The number of hydrogen-bond acceptors (Lipinski definition) is 8. The first kappa shape index (κ1) is 26.2. The van der Waals surface area contributed by atoms with Crippen LogP contribution in [-0.2, 0) is 13.2 Å². The molecule has 0 unspecified atom stereocenters. The van der Waals surface area contributed by atoms with Gasteiger partial charge in [-0.25, -0.2) is 9.67 Å². The summed E-state index contributed by atoms with van der Waals surface area (Å²) in [6.07, 6.45) is -2.65. The lowest BCUT2D eigenvalue weighted by atomic mass is 10.0. The summed E-state index contributed by atoms with van der Waals surface area (Å²) >= 11 is 0. The van der Waals surface area contributed by atoms with E-state index in [-0.39, 0.29) is 17.2 Å². The van der Waals surface area contributed by atoms with Crippen LogP contribution in [0.15, 0.2) is 42.6 Å². The first-order valence-electron chi connectivity index (χ1n) is 12.3. The number of rotatable bonds is 5. The van der Waals surface area contributed by atoms with Gasteiger partial charge in [-0.05, 0) is 55.7 Å². The maximum absolute atomic E-state index is 13.7. The van der Waals surface area contributed by atoms with Gasteiger partial charge in [-0.1, -0.05) is 6.07 Å². The number of aromatic nitrogens is 4. The Kier molecular flexibility index (Phi) is 6.76. The lowest BCUT2D eigenvalue weighted by Gasteiger charge is -2.32. The zero-order chi connectivity index (χ0) is 27.9. The van der Waals surface area contributed by atoms with Crippen LogP contribution in [0, 0.1) is 6.92 Å². The standard InChI is InChI=1S/C26H27F3N8O2/c1-14-3-4-17(12-21(14)33-22-20-13-31-25(30)34-23(20)36(2)35-22)32-24(39)15-9-16(26(27,28)29)11-18(10-15)37-7-5-19(38)6-8-37/h3-4,9-13,19,38H,5-8H2,1-2H3,(H,32,39)(H,33,35)(H2,30,31,34). The molecule has 0 atom stereocenters. The van der Waals surface area contributed by atoms with Crippen LogP contribution in [0.3, 0.4) is 0 Å². The summed E-state index contributed by atoms with van der Waals surface area (Å²) in [6, 6.07) is 8.44. The van der Waals surface area contributed by atoms with Crippen LogP contribution in [-0.4, -0.2) is 50.0 Å². The van der Waals surface area contributed by atoms with Gasteiger partial charge in [-0.2, -0.15) is 23.3 Å². The summed E-state index contributed by atoms with van der Waals surface area (Å²) in [5, 5.41) is 20.8. The molecule has 1 aliphatic rings. The number of nitrogens with one attached hydrogen (secondary N) is 2. The van der Waals surface area contributed by atoms with Gasteiger partial charge in [0.25, 0.3) is 5.91 Å². The van der Waals surface area contributed by atoms with Crippen molar-refractivity contribution in [3.05, 3.63) is 59.3 Å². The lowest BCUT2D eigenvalue weighted by Crippen LogP contribution is -2.36. The van der Waals surface area contributed by atoms with Crippen LogP contribution in [0.25, 0.3) is 11.0 Å². The monoisotopic (exact) mass is 540 g/mol. The first-order valence-corrected chi connectivity index (χ1v) is 12.3. The third-order valence-electron chi connectivity index (χ3n) is 6.68. The Morgan fingerprint density at radius 1 is 1.15 bits per heavy atom. The molecule has 39 heavy (non-hydrogen) atoms. The number of aliphatic hydroxyl groups excluding tert-OH is 1. The summed E-state index contributed by atoms with van der Waals surface area (Å²) in [7, 11) is 1.72. The van der Waals surface area contributed by atoms with Crippen LogP contribution < -0.4 is 21.3 Å². The number of benzene rings is 2. The molecule has 2 aromatic heterocycles. The Balaban J connectivity index is 1.41. The molecule has 1 amide bonds. The number of alkyl halides is 3. The Morgan fingerprint density at radius 2 is 1.90 bits per heavy atom. The summed E-state index contributed by atoms with van der Waals surface area (Å²) in [6.45, 7) is 2.66. The van der Waals surface area contributed by atoms with Gasteiger partial charge in [0, 0.05) is 49.0 Å². The average molecular weight is 541 g/mol. The van der Waals surface area contributed by atoms with Gasteiger partial charge in [-0.15, -0.1) is 0 Å². The van der Waals surface area contributed by atoms with Crippen molar-refractivity contribution in [2.75, 3.05) is 34.4 Å². The van der Waals surface area contributed by atoms with E-state index in [0.29, 0.717) is 54.2 Å². The third kappa shape index (κ3) is 5.58. The number of carbonyl (C=O) groups excluding carboxylic acids is 1. The Morgan fingerprint density at radius 3 is 2.62 bits per heavy atom. The Bertz CT molecular complexity index is 1540. The van der Waals surface area contributed by atoms with Crippen LogP contribution in [0.4, 0.5) is 42.0 Å². The Hall–Kier alpha value is -4.39. The van der Waals surface area contributed by atoms with Gasteiger partial charge in [0.1, 0.15) is 0 Å². The fourth-order valence-electron chi connectivity index (χ4n) is 4.52. The minimum Gasteiger partial charge on any atom is -0.393 e. The molecule has 1 fully saturated rings. The first-order chi connectivity index (χ1) is 18.5. The van der Waals surface area contributed by atoms with E-state index < -0.39 is 23.8 Å². The highest BCUT2D eigenvalue weighted by atomic mass is 19.4. The van der Waals surface area contributed by atoms with E-state index in [4.69, 9.17) is 5.73 Å². The van der Waals surface area contributed by atoms with Gasteiger partial charge in [0.15, 0.2) is 11.5 Å². The fourth-order valence-corrected chi connectivity index (χ4v) is 4.52. The number of piperidine rings is 1. The largest absolute Gasteiger partial charge is 0.416 e. The van der Waals surface area contributed by atoms with Gasteiger partial charge in [0.05, 0.1) is 17.1 Å². The number of aryl methyl sites for hydroxylation is 2. The predicted octanol–water partition coefficient (Wildman–Crippen LogP) is 4.23. The van der Waals surface area contributed by atoms with Crippen LogP contribution in [0.5, 0.6) is 0 Å². The van der Waals surface area contributed by atoms with Crippen molar-refractivity contribution in [2.24, 2.45) is 7.05 Å². The maximum atomic E-state index is 13.7. The van der Waals surface area contributed by atoms with E-state index in [9.17, 15) is 23.1 Å². The quantitative estimate of drug-likeness (QED) is 0.296. The zero-order valence-corrected chi connectivity index (χ0v) is 21.3. The number of hydrogen-bond donors (Lipinski definition) is 4. The molecule has 5 rings (SSSR count). The number of carbonyl (C=O) groups is 1. The zero-order valence-electron chi connectivity index (χ0n) is 21.3. The third-order valence-corrected chi connectivity index (χ3v) is 6.68. The lowest BCUT2D eigenvalue weighted by molar-refractivity contribution is -0.137. The number of anilines is 5. The molecule has 10 nitrogen and oxygen atoms in total. The van der Waals surface area contributed by atoms with E-state index in [1.807, 2.05) is 6.92 Å². The second kappa shape index (κ2) is 10.1. The topological polar surface area (TPSA) is 134 Å². The predicted molar refractivity (Wildman–Crippen MR) is 142 cm³/mol. The molecular weight excluding hydrogens is 513 g/mol. The number of aliphatic hydroxyl groups is 1. The van der Waals surface area contributed by atoms with Gasteiger partial charge in [0.2, 0.25) is 5.95 Å². The molecule has 1 aliphatic heterocycles. The highest BCUT2D eigenvalue weighted by molar-refractivity contribution is 6.05. The molecule has 5 N–H and O–H groups in total. The van der Waals surface area contributed by atoms with E-state index in [1.54, 1.807) is 41.0 Å². The van der Waals surface area contributed by atoms with Crippen LogP contribution in [0.1, 0.15) is 34.3 Å². The highest BCUT2D eigenvalue weighted by Gasteiger charge is 2.33. The van der Waals surface area contributed by atoms with Crippen molar-refractivity contribution >= 4 is 45.8 Å². The van der Waals surface area contributed by atoms with Crippen molar-refractivity contribution in [3.8, 4) is 0 Å². The molecule has 0 spiro atoms. The van der Waals surface area contributed by atoms with Gasteiger partial charge >= 0.3 is 6.18 Å².